The van der Waals surface area contributed by atoms with Gasteiger partial charge in [-0.1, -0.05) is 37.3 Å². The lowest BCUT2D eigenvalue weighted by Crippen LogP contribution is -2.56. The van der Waals surface area contributed by atoms with Crippen molar-refractivity contribution in [3.8, 4) is 0 Å². The zero-order chi connectivity index (χ0) is 12.3. The van der Waals surface area contributed by atoms with E-state index in [1.54, 1.807) is 12.3 Å². The lowest BCUT2D eigenvalue weighted by Gasteiger charge is -2.36. The largest absolute Gasteiger partial charge is 0.384 e. The van der Waals surface area contributed by atoms with Crippen molar-refractivity contribution in [2.24, 2.45) is 16.5 Å². The second kappa shape index (κ2) is 4.59. The Kier molecular flexibility index (Phi) is 3.15. The second-order valence-electron chi connectivity index (χ2n) is 4.21. The summed E-state index contributed by atoms with van der Waals surface area (Å²) in [5.41, 5.74) is 13.2. The quantitative estimate of drug-likeness (QED) is 0.731. The molecule has 0 spiro atoms. The van der Waals surface area contributed by atoms with Crippen LogP contribution in [0.3, 0.4) is 0 Å². The van der Waals surface area contributed by atoms with Gasteiger partial charge in [0.15, 0.2) is 5.79 Å². The van der Waals surface area contributed by atoms with Crippen molar-refractivity contribution in [2.45, 2.75) is 25.0 Å². The van der Waals surface area contributed by atoms with E-state index in [1.807, 2.05) is 18.2 Å². The van der Waals surface area contributed by atoms with E-state index >= 15 is 0 Å². The van der Waals surface area contributed by atoms with Gasteiger partial charge in [-0.25, -0.2) is 4.99 Å². The molecule has 1 aromatic rings. The van der Waals surface area contributed by atoms with Crippen LogP contribution in [-0.2, 0) is 0 Å². The third-order valence-electron chi connectivity index (χ3n) is 3.02. The normalized spacial score (nSPS) is 24.9. The summed E-state index contributed by atoms with van der Waals surface area (Å²) in [5, 5.41) is 3.11. The maximum atomic E-state index is 6.31. The molecule has 2 rings (SSSR count). The fourth-order valence-corrected chi connectivity index (χ4v) is 2.21. The van der Waals surface area contributed by atoms with E-state index in [2.05, 4.69) is 29.4 Å². The molecule has 1 aromatic carbocycles. The molecule has 1 heterocycles. The van der Waals surface area contributed by atoms with Crippen molar-refractivity contribution in [3.63, 3.8) is 0 Å². The summed E-state index contributed by atoms with van der Waals surface area (Å²) >= 11 is 0. The summed E-state index contributed by atoms with van der Waals surface area (Å²) in [6, 6.07) is 10.1. The first kappa shape index (κ1) is 11.7. The number of nitrogens with zero attached hydrogens (tertiary/aromatic N) is 1. The number of nitrogens with one attached hydrogen (secondary N) is 1. The van der Waals surface area contributed by atoms with Crippen LogP contribution in [0.25, 0.3) is 0 Å². The standard InChI is InChI=1S/C13H18N4/c1-2-11(10-6-4-3-5-7-10)13(15)16-9-8-12(14)17-13/h3-9,11,16H,2,15H2,1H3,(H2,14,17). The number of hydrogen-bond donors (Lipinski definition) is 3. The van der Waals surface area contributed by atoms with Gasteiger partial charge < -0.3 is 11.1 Å². The molecule has 2 unspecified atom stereocenters. The third-order valence-corrected chi connectivity index (χ3v) is 3.02. The van der Waals surface area contributed by atoms with E-state index in [9.17, 15) is 0 Å². The Balaban J connectivity index is 2.34. The predicted molar refractivity (Wildman–Crippen MR) is 70.3 cm³/mol. The zero-order valence-corrected chi connectivity index (χ0v) is 9.93. The number of benzene rings is 1. The molecule has 0 aromatic heterocycles. The van der Waals surface area contributed by atoms with Crippen LogP contribution in [0.5, 0.6) is 0 Å². The van der Waals surface area contributed by atoms with Gasteiger partial charge in [0.1, 0.15) is 5.84 Å². The Morgan fingerprint density at radius 2 is 2.06 bits per heavy atom. The van der Waals surface area contributed by atoms with Gasteiger partial charge in [0.05, 0.1) is 0 Å². The van der Waals surface area contributed by atoms with Gasteiger partial charge in [-0.05, 0) is 18.1 Å². The van der Waals surface area contributed by atoms with E-state index in [0.717, 1.165) is 12.0 Å². The molecular weight excluding hydrogens is 212 g/mol. The molecule has 0 fully saturated rings. The second-order valence-corrected chi connectivity index (χ2v) is 4.21. The molecule has 0 radical (unpaired) electrons. The van der Waals surface area contributed by atoms with Crippen LogP contribution >= 0.6 is 0 Å². The summed E-state index contributed by atoms with van der Waals surface area (Å²) < 4.78 is 0. The number of aliphatic imine (C=N–C) groups is 1. The minimum Gasteiger partial charge on any atom is -0.384 e. The smallest absolute Gasteiger partial charge is 0.191 e. The summed E-state index contributed by atoms with van der Waals surface area (Å²) in [5.74, 6) is -0.303. The molecule has 0 amide bonds. The van der Waals surface area contributed by atoms with E-state index in [0.29, 0.717) is 5.84 Å². The Bertz CT molecular complexity index is 438. The van der Waals surface area contributed by atoms with Gasteiger partial charge >= 0.3 is 0 Å². The van der Waals surface area contributed by atoms with Gasteiger partial charge in [0.25, 0.3) is 0 Å². The van der Waals surface area contributed by atoms with Crippen molar-refractivity contribution in [1.29, 1.82) is 0 Å². The highest BCUT2D eigenvalue weighted by Gasteiger charge is 2.35. The van der Waals surface area contributed by atoms with E-state index < -0.39 is 5.79 Å². The molecular formula is C13H18N4. The Labute approximate surface area is 101 Å². The highest BCUT2D eigenvalue weighted by molar-refractivity contribution is 5.92. The van der Waals surface area contributed by atoms with Crippen LogP contribution in [-0.4, -0.2) is 11.6 Å². The first-order valence-corrected chi connectivity index (χ1v) is 5.79. The van der Waals surface area contributed by atoms with Crippen LogP contribution in [0.15, 0.2) is 47.6 Å². The van der Waals surface area contributed by atoms with E-state index in [4.69, 9.17) is 11.5 Å². The van der Waals surface area contributed by atoms with Crippen LogP contribution < -0.4 is 16.8 Å². The first-order valence-electron chi connectivity index (χ1n) is 5.79. The zero-order valence-electron chi connectivity index (χ0n) is 9.93. The molecule has 0 saturated carbocycles. The van der Waals surface area contributed by atoms with Crippen LogP contribution in [0.4, 0.5) is 0 Å². The molecule has 1 aliphatic rings. The molecule has 0 saturated heterocycles. The maximum Gasteiger partial charge on any atom is 0.191 e. The van der Waals surface area contributed by atoms with Crippen LogP contribution in [0.2, 0.25) is 0 Å². The van der Waals surface area contributed by atoms with Crippen molar-refractivity contribution in [2.75, 3.05) is 0 Å². The Morgan fingerprint density at radius 1 is 1.35 bits per heavy atom. The number of nitrogens with two attached hydrogens (primary N) is 2. The summed E-state index contributed by atoms with van der Waals surface area (Å²) in [7, 11) is 0. The van der Waals surface area contributed by atoms with Gasteiger partial charge in [0, 0.05) is 12.1 Å². The molecule has 4 nitrogen and oxygen atoms in total. The highest BCUT2D eigenvalue weighted by Crippen LogP contribution is 2.30. The van der Waals surface area contributed by atoms with Crippen LogP contribution in [0.1, 0.15) is 24.8 Å². The maximum absolute atomic E-state index is 6.31. The van der Waals surface area contributed by atoms with E-state index in [-0.39, 0.29) is 5.92 Å². The summed E-state index contributed by atoms with van der Waals surface area (Å²) in [6.45, 7) is 2.10. The topological polar surface area (TPSA) is 76.4 Å². The fraction of sp³-hybridized carbons (Fsp3) is 0.308. The van der Waals surface area contributed by atoms with Crippen LogP contribution in [0, 0.1) is 0 Å². The van der Waals surface area contributed by atoms with Crippen molar-refractivity contribution < 1.29 is 0 Å². The Morgan fingerprint density at radius 3 is 2.65 bits per heavy atom. The molecule has 90 valence electrons. The summed E-state index contributed by atoms with van der Waals surface area (Å²) in [6.07, 6.45) is 4.36. The number of rotatable bonds is 3. The van der Waals surface area contributed by atoms with Crippen molar-refractivity contribution >= 4 is 5.84 Å². The molecule has 4 heteroatoms. The average molecular weight is 230 g/mol. The first-order chi connectivity index (χ1) is 8.15. The molecule has 17 heavy (non-hydrogen) atoms. The van der Waals surface area contributed by atoms with E-state index in [1.165, 1.54) is 0 Å². The molecule has 5 N–H and O–H groups in total. The van der Waals surface area contributed by atoms with Gasteiger partial charge in [0.2, 0.25) is 0 Å². The minimum atomic E-state index is -0.852. The highest BCUT2D eigenvalue weighted by atomic mass is 15.3. The van der Waals surface area contributed by atoms with Crippen molar-refractivity contribution in [1.82, 2.24) is 5.32 Å². The molecule has 0 aliphatic carbocycles. The average Bonchev–Trinajstić information content (AvgIpc) is 2.30. The number of amidine groups is 1. The fourth-order valence-electron chi connectivity index (χ4n) is 2.21. The summed E-state index contributed by atoms with van der Waals surface area (Å²) in [4.78, 5) is 4.34. The lowest BCUT2D eigenvalue weighted by atomic mass is 9.89. The SMILES string of the molecule is CCC(c1ccccc1)C1(N)N=C(N)C=CN1. The van der Waals surface area contributed by atoms with Gasteiger partial charge in [-0.2, -0.15) is 0 Å². The molecule has 1 aliphatic heterocycles. The lowest BCUT2D eigenvalue weighted by molar-refractivity contribution is 0.309. The predicted octanol–water partition coefficient (Wildman–Crippen LogP) is 1.27. The van der Waals surface area contributed by atoms with Crippen molar-refractivity contribution in [3.05, 3.63) is 48.2 Å². The monoisotopic (exact) mass is 230 g/mol. The number of hydrogen-bond acceptors (Lipinski definition) is 4. The van der Waals surface area contributed by atoms with Gasteiger partial charge in [-0.3, -0.25) is 5.73 Å². The minimum absolute atomic E-state index is 0.0900. The third kappa shape index (κ3) is 2.31. The Hall–Kier alpha value is -1.81. The molecule has 0 bridgehead atoms. The molecule has 2 atom stereocenters. The van der Waals surface area contributed by atoms with Gasteiger partial charge in [-0.15, -0.1) is 0 Å².